The third-order valence-electron chi connectivity index (χ3n) is 2.26. The lowest BCUT2D eigenvalue weighted by molar-refractivity contribution is -0.120. The van der Waals surface area contributed by atoms with Crippen LogP contribution in [0.3, 0.4) is 0 Å². The number of benzene rings is 1. The molecule has 3 heteroatoms. The van der Waals surface area contributed by atoms with Crippen LogP contribution in [-0.2, 0) is 11.2 Å². The molecule has 3 N–H and O–H groups in total. The first-order valence-electron chi connectivity index (χ1n) is 4.74. The molecule has 1 aromatic rings. The number of hydrogen-bond donors (Lipinski definition) is 2. The molecule has 0 saturated carbocycles. The van der Waals surface area contributed by atoms with Crippen LogP contribution >= 0.6 is 0 Å². The van der Waals surface area contributed by atoms with Crippen molar-refractivity contribution in [1.82, 2.24) is 5.32 Å². The molecule has 0 fully saturated rings. The molecule has 0 aliphatic rings. The average Bonchev–Trinajstić information content (AvgIpc) is 2.20. The van der Waals surface area contributed by atoms with E-state index < -0.39 is 0 Å². The van der Waals surface area contributed by atoms with Gasteiger partial charge in [0.15, 0.2) is 0 Å². The fraction of sp³-hybridized carbons (Fsp3) is 0.364. The van der Waals surface area contributed by atoms with E-state index >= 15 is 0 Å². The Morgan fingerprint density at radius 3 is 2.57 bits per heavy atom. The Kier molecular flexibility index (Phi) is 4.13. The molecule has 0 heterocycles. The minimum absolute atomic E-state index is 0.227. The van der Waals surface area contributed by atoms with Gasteiger partial charge in [0.1, 0.15) is 0 Å². The highest BCUT2D eigenvalue weighted by Gasteiger charge is 2.11. The lowest BCUT2D eigenvalue weighted by atomic mass is 10.1. The van der Waals surface area contributed by atoms with Crippen LogP contribution in [0.2, 0.25) is 0 Å². The zero-order valence-corrected chi connectivity index (χ0v) is 8.36. The number of amides is 1. The van der Waals surface area contributed by atoms with Crippen LogP contribution in [0.15, 0.2) is 30.3 Å². The molecule has 0 unspecified atom stereocenters. The van der Waals surface area contributed by atoms with Crippen LogP contribution in [0.4, 0.5) is 0 Å². The summed E-state index contributed by atoms with van der Waals surface area (Å²) in [6, 6.07) is 9.84. The Morgan fingerprint density at radius 2 is 2.07 bits per heavy atom. The van der Waals surface area contributed by atoms with E-state index in [1.807, 2.05) is 30.3 Å². The largest absolute Gasteiger partial charge is 0.368 e. The summed E-state index contributed by atoms with van der Waals surface area (Å²) in [5, 5.41) is 2.90. The third-order valence-corrected chi connectivity index (χ3v) is 2.26. The number of hydrogen-bond acceptors (Lipinski definition) is 2. The second-order valence-corrected chi connectivity index (χ2v) is 3.27. The molecule has 3 nitrogen and oxygen atoms in total. The highest BCUT2D eigenvalue weighted by Crippen LogP contribution is 2.04. The average molecular weight is 192 g/mol. The number of rotatable bonds is 5. The number of aryl methyl sites for hydroxylation is 1. The standard InChI is InChI=1S/C11H16N2O/c1-13-10(11(12)14)8-7-9-5-3-2-4-6-9/h2-6,10,13H,7-8H2,1H3,(H2,12,14)/t10-/m0/s1. The Morgan fingerprint density at radius 1 is 1.43 bits per heavy atom. The molecule has 0 bridgehead atoms. The van der Waals surface area contributed by atoms with Crippen molar-refractivity contribution >= 4 is 5.91 Å². The molecular formula is C11H16N2O. The Bertz CT molecular complexity index is 285. The van der Waals surface area contributed by atoms with E-state index in [-0.39, 0.29) is 11.9 Å². The first-order valence-corrected chi connectivity index (χ1v) is 4.74. The van der Waals surface area contributed by atoms with Crippen LogP contribution in [0.25, 0.3) is 0 Å². The Balaban J connectivity index is 2.44. The van der Waals surface area contributed by atoms with Crippen LogP contribution < -0.4 is 11.1 Å². The Hall–Kier alpha value is -1.35. The molecule has 1 atom stereocenters. The SMILES string of the molecule is CN[C@@H](CCc1ccccc1)C(N)=O. The minimum Gasteiger partial charge on any atom is -0.368 e. The molecule has 0 saturated heterocycles. The van der Waals surface area contributed by atoms with Crippen molar-refractivity contribution in [3.63, 3.8) is 0 Å². The van der Waals surface area contributed by atoms with Gasteiger partial charge in [-0.15, -0.1) is 0 Å². The molecule has 0 aliphatic carbocycles. The van der Waals surface area contributed by atoms with Crippen molar-refractivity contribution in [1.29, 1.82) is 0 Å². The van der Waals surface area contributed by atoms with Gasteiger partial charge in [-0.05, 0) is 25.5 Å². The van der Waals surface area contributed by atoms with Gasteiger partial charge in [0, 0.05) is 0 Å². The zero-order valence-electron chi connectivity index (χ0n) is 8.36. The monoisotopic (exact) mass is 192 g/mol. The molecule has 76 valence electrons. The highest BCUT2D eigenvalue weighted by atomic mass is 16.1. The summed E-state index contributed by atoms with van der Waals surface area (Å²) in [7, 11) is 1.75. The van der Waals surface area contributed by atoms with Crippen molar-refractivity contribution < 1.29 is 4.79 Å². The quantitative estimate of drug-likeness (QED) is 0.721. The smallest absolute Gasteiger partial charge is 0.234 e. The normalized spacial score (nSPS) is 12.4. The summed E-state index contributed by atoms with van der Waals surface area (Å²) in [5.41, 5.74) is 6.44. The summed E-state index contributed by atoms with van der Waals surface area (Å²) >= 11 is 0. The molecule has 0 radical (unpaired) electrons. The molecule has 14 heavy (non-hydrogen) atoms. The number of primary amides is 1. The molecule has 1 aromatic carbocycles. The fourth-order valence-corrected chi connectivity index (χ4v) is 1.38. The summed E-state index contributed by atoms with van der Waals surface area (Å²) in [5.74, 6) is -0.288. The van der Waals surface area contributed by atoms with E-state index in [0.717, 1.165) is 12.8 Å². The topological polar surface area (TPSA) is 55.1 Å². The van der Waals surface area contributed by atoms with Crippen LogP contribution in [0.1, 0.15) is 12.0 Å². The van der Waals surface area contributed by atoms with Crippen LogP contribution in [0, 0.1) is 0 Å². The molecule has 0 aromatic heterocycles. The maximum atomic E-state index is 10.9. The number of carbonyl (C=O) groups is 1. The molecule has 1 rings (SSSR count). The molecule has 0 spiro atoms. The van der Waals surface area contributed by atoms with Crippen molar-refractivity contribution in [2.45, 2.75) is 18.9 Å². The van der Waals surface area contributed by atoms with Gasteiger partial charge in [-0.1, -0.05) is 30.3 Å². The van der Waals surface area contributed by atoms with Crippen molar-refractivity contribution in [2.75, 3.05) is 7.05 Å². The minimum atomic E-state index is -0.288. The van der Waals surface area contributed by atoms with Gasteiger partial charge in [-0.25, -0.2) is 0 Å². The predicted molar refractivity (Wildman–Crippen MR) is 56.8 cm³/mol. The number of likely N-dealkylation sites (N-methyl/N-ethyl adjacent to an activating group) is 1. The van der Waals surface area contributed by atoms with Crippen LogP contribution in [-0.4, -0.2) is 19.0 Å². The first kappa shape index (κ1) is 10.7. The van der Waals surface area contributed by atoms with Crippen molar-refractivity contribution in [3.8, 4) is 0 Å². The maximum absolute atomic E-state index is 10.9. The summed E-state index contributed by atoms with van der Waals surface area (Å²) in [6.45, 7) is 0. The van der Waals surface area contributed by atoms with E-state index in [1.165, 1.54) is 5.56 Å². The van der Waals surface area contributed by atoms with E-state index in [1.54, 1.807) is 7.05 Å². The third kappa shape index (κ3) is 3.18. The number of carbonyl (C=O) groups excluding carboxylic acids is 1. The lowest BCUT2D eigenvalue weighted by Gasteiger charge is -2.11. The second kappa shape index (κ2) is 5.40. The second-order valence-electron chi connectivity index (χ2n) is 3.27. The van der Waals surface area contributed by atoms with E-state index in [2.05, 4.69) is 5.32 Å². The van der Waals surface area contributed by atoms with Gasteiger partial charge in [0.05, 0.1) is 6.04 Å². The number of nitrogens with two attached hydrogens (primary N) is 1. The van der Waals surface area contributed by atoms with Crippen molar-refractivity contribution in [3.05, 3.63) is 35.9 Å². The Labute approximate surface area is 84.3 Å². The van der Waals surface area contributed by atoms with E-state index in [9.17, 15) is 4.79 Å². The first-order chi connectivity index (χ1) is 6.74. The summed E-state index contributed by atoms with van der Waals surface area (Å²) in [4.78, 5) is 10.9. The lowest BCUT2D eigenvalue weighted by Crippen LogP contribution is -2.39. The van der Waals surface area contributed by atoms with Gasteiger partial charge in [0.25, 0.3) is 0 Å². The van der Waals surface area contributed by atoms with Gasteiger partial charge in [-0.2, -0.15) is 0 Å². The van der Waals surface area contributed by atoms with Gasteiger partial charge in [0.2, 0.25) is 5.91 Å². The van der Waals surface area contributed by atoms with Gasteiger partial charge in [-0.3, -0.25) is 4.79 Å². The van der Waals surface area contributed by atoms with Crippen molar-refractivity contribution in [2.24, 2.45) is 5.73 Å². The molecular weight excluding hydrogens is 176 g/mol. The van der Waals surface area contributed by atoms with E-state index in [0.29, 0.717) is 0 Å². The summed E-state index contributed by atoms with van der Waals surface area (Å²) < 4.78 is 0. The van der Waals surface area contributed by atoms with Crippen LogP contribution in [0.5, 0.6) is 0 Å². The molecule has 1 amide bonds. The number of nitrogens with one attached hydrogen (secondary N) is 1. The van der Waals surface area contributed by atoms with Gasteiger partial charge >= 0.3 is 0 Å². The highest BCUT2D eigenvalue weighted by molar-refractivity contribution is 5.79. The fourth-order valence-electron chi connectivity index (χ4n) is 1.38. The van der Waals surface area contributed by atoms with E-state index in [4.69, 9.17) is 5.73 Å². The maximum Gasteiger partial charge on any atom is 0.234 e. The zero-order chi connectivity index (χ0) is 10.4. The predicted octanol–water partition coefficient (Wildman–Crippen LogP) is 0.693. The molecule has 0 aliphatic heterocycles. The van der Waals surface area contributed by atoms with Gasteiger partial charge < -0.3 is 11.1 Å². The summed E-state index contributed by atoms with van der Waals surface area (Å²) in [6.07, 6.45) is 1.62.